The van der Waals surface area contributed by atoms with E-state index < -0.39 is 28.9 Å². The normalized spacial score (nSPS) is 11.3. The fraction of sp³-hybridized carbons (Fsp3) is 0.0667. The summed E-state index contributed by atoms with van der Waals surface area (Å²) in [6.45, 7) is 0. The third-order valence-corrected chi connectivity index (χ3v) is 3.23. The van der Waals surface area contributed by atoms with Crippen LogP contribution in [0.4, 0.5) is 18.9 Å². The Balaban J connectivity index is 1.77. The van der Waals surface area contributed by atoms with Crippen LogP contribution < -0.4 is 10.9 Å². The van der Waals surface area contributed by atoms with Crippen LogP contribution in [0.2, 0.25) is 0 Å². The van der Waals surface area contributed by atoms with Crippen molar-refractivity contribution in [2.45, 2.75) is 6.18 Å². The van der Waals surface area contributed by atoms with Gasteiger partial charge >= 0.3 is 6.18 Å². The minimum atomic E-state index is -4.69. The van der Waals surface area contributed by atoms with E-state index in [-0.39, 0.29) is 5.69 Å². The van der Waals surface area contributed by atoms with E-state index in [1.807, 2.05) is 0 Å². The number of amides is 1. The molecule has 0 saturated heterocycles. The summed E-state index contributed by atoms with van der Waals surface area (Å²) in [7, 11) is 0. The highest BCUT2D eigenvalue weighted by Crippen LogP contribution is 2.26. The summed E-state index contributed by atoms with van der Waals surface area (Å²) >= 11 is 0. The van der Waals surface area contributed by atoms with Crippen LogP contribution in [0.25, 0.3) is 5.82 Å². The van der Waals surface area contributed by atoms with Crippen LogP contribution in [0.15, 0.2) is 54.0 Å². The summed E-state index contributed by atoms with van der Waals surface area (Å²) < 4.78 is 39.2. The zero-order valence-corrected chi connectivity index (χ0v) is 12.4. The van der Waals surface area contributed by atoms with Gasteiger partial charge < -0.3 is 10.3 Å². The predicted octanol–water partition coefficient (Wildman–Crippen LogP) is 2.23. The number of pyridine rings is 2. The maximum absolute atomic E-state index is 12.5. The van der Waals surface area contributed by atoms with Gasteiger partial charge in [-0.25, -0.2) is 9.97 Å². The third-order valence-electron chi connectivity index (χ3n) is 3.23. The Morgan fingerprint density at radius 2 is 2.00 bits per heavy atom. The lowest BCUT2D eigenvalue weighted by Gasteiger charge is -2.08. The van der Waals surface area contributed by atoms with E-state index >= 15 is 0 Å². The highest BCUT2D eigenvalue weighted by molar-refractivity contribution is 6.03. The van der Waals surface area contributed by atoms with Crippen LogP contribution in [-0.2, 0) is 6.18 Å². The SMILES string of the molecule is O=C(Nc1ccc(-n2ccnc2)nc1)c1ccc(C(F)(F)F)[nH]c1=O. The van der Waals surface area contributed by atoms with Gasteiger partial charge in [-0.15, -0.1) is 0 Å². The van der Waals surface area contributed by atoms with Crippen molar-refractivity contribution >= 4 is 11.6 Å². The topological polar surface area (TPSA) is 92.7 Å². The van der Waals surface area contributed by atoms with E-state index in [0.29, 0.717) is 11.9 Å². The van der Waals surface area contributed by atoms with Crippen molar-refractivity contribution in [1.29, 1.82) is 0 Å². The van der Waals surface area contributed by atoms with E-state index in [1.54, 1.807) is 40.4 Å². The van der Waals surface area contributed by atoms with Crippen LogP contribution in [0.3, 0.4) is 0 Å². The quantitative estimate of drug-likeness (QED) is 0.758. The number of nitrogens with one attached hydrogen (secondary N) is 2. The van der Waals surface area contributed by atoms with Gasteiger partial charge in [0.05, 0.1) is 11.9 Å². The minimum Gasteiger partial charge on any atom is -0.320 e. The van der Waals surface area contributed by atoms with Crippen LogP contribution in [0.5, 0.6) is 0 Å². The van der Waals surface area contributed by atoms with Gasteiger partial charge in [-0.2, -0.15) is 13.2 Å². The Morgan fingerprint density at radius 1 is 1.20 bits per heavy atom. The molecule has 0 fully saturated rings. The molecular formula is C15H10F3N5O2. The van der Waals surface area contributed by atoms with E-state index in [1.165, 1.54) is 6.20 Å². The zero-order chi connectivity index (χ0) is 18.0. The average molecular weight is 349 g/mol. The molecule has 3 aromatic rings. The molecule has 3 rings (SSSR count). The van der Waals surface area contributed by atoms with Crippen molar-refractivity contribution in [3.8, 4) is 5.82 Å². The van der Waals surface area contributed by atoms with Crippen molar-refractivity contribution in [3.63, 3.8) is 0 Å². The number of alkyl halides is 3. The standard InChI is InChI=1S/C15H10F3N5O2/c16-15(17,18)11-3-2-10(14(25)22-11)13(24)21-9-1-4-12(20-7-9)23-6-5-19-8-23/h1-8H,(H,21,24)(H,22,25). The first-order chi connectivity index (χ1) is 11.8. The smallest absolute Gasteiger partial charge is 0.320 e. The number of imidazole rings is 1. The maximum atomic E-state index is 12.5. The molecule has 0 spiro atoms. The van der Waals surface area contributed by atoms with E-state index in [4.69, 9.17) is 0 Å². The van der Waals surface area contributed by atoms with Crippen LogP contribution in [-0.4, -0.2) is 25.4 Å². The first-order valence-electron chi connectivity index (χ1n) is 6.91. The summed E-state index contributed by atoms with van der Waals surface area (Å²) in [6.07, 6.45) is 1.46. The number of hydrogen-bond donors (Lipinski definition) is 2. The molecule has 3 heterocycles. The second-order valence-corrected chi connectivity index (χ2v) is 4.94. The Morgan fingerprint density at radius 3 is 2.56 bits per heavy atom. The van der Waals surface area contributed by atoms with Crippen molar-refractivity contribution in [1.82, 2.24) is 19.5 Å². The van der Waals surface area contributed by atoms with Gasteiger partial charge in [-0.3, -0.25) is 14.2 Å². The second-order valence-electron chi connectivity index (χ2n) is 4.94. The molecule has 25 heavy (non-hydrogen) atoms. The molecule has 3 aromatic heterocycles. The molecular weight excluding hydrogens is 339 g/mol. The number of H-pyrrole nitrogens is 1. The molecule has 7 nitrogen and oxygen atoms in total. The maximum Gasteiger partial charge on any atom is 0.431 e. The molecule has 128 valence electrons. The molecule has 0 aliphatic carbocycles. The molecule has 0 unspecified atom stereocenters. The Hall–Kier alpha value is -3.43. The summed E-state index contributed by atoms with van der Waals surface area (Å²) in [4.78, 5) is 33.4. The van der Waals surface area contributed by atoms with Gasteiger partial charge in [0.1, 0.15) is 23.4 Å². The number of anilines is 1. The molecule has 0 radical (unpaired) electrons. The van der Waals surface area contributed by atoms with E-state index in [0.717, 1.165) is 6.07 Å². The number of nitrogens with zero attached hydrogens (tertiary/aromatic N) is 3. The molecule has 0 saturated carbocycles. The van der Waals surface area contributed by atoms with Crippen LogP contribution >= 0.6 is 0 Å². The molecule has 0 aliphatic heterocycles. The first kappa shape index (κ1) is 16.4. The Bertz CT molecular complexity index is 947. The van der Waals surface area contributed by atoms with Gasteiger partial charge in [0.25, 0.3) is 11.5 Å². The lowest BCUT2D eigenvalue weighted by Crippen LogP contribution is -2.25. The lowest BCUT2D eigenvalue weighted by molar-refractivity contribution is -0.141. The fourth-order valence-electron chi connectivity index (χ4n) is 2.02. The average Bonchev–Trinajstić information content (AvgIpc) is 3.09. The lowest BCUT2D eigenvalue weighted by atomic mass is 10.2. The van der Waals surface area contributed by atoms with Crippen molar-refractivity contribution in [2.24, 2.45) is 0 Å². The van der Waals surface area contributed by atoms with Crippen molar-refractivity contribution in [2.75, 3.05) is 5.32 Å². The zero-order valence-electron chi connectivity index (χ0n) is 12.4. The van der Waals surface area contributed by atoms with Gasteiger partial charge in [0, 0.05) is 12.4 Å². The summed E-state index contributed by atoms with van der Waals surface area (Å²) in [5.74, 6) is -0.282. The molecule has 10 heteroatoms. The number of carbonyl (C=O) groups excluding carboxylic acids is 1. The van der Waals surface area contributed by atoms with E-state index in [2.05, 4.69) is 15.3 Å². The predicted molar refractivity (Wildman–Crippen MR) is 81.4 cm³/mol. The Labute approximate surface area is 138 Å². The summed E-state index contributed by atoms with van der Waals surface area (Å²) in [5, 5.41) is 2.40. The number of carbonyl (C=O) groups is 1. The van der Waals surface area contributed by atoms with Gasteiger partial charge in [-0.1, -0.05) is 0 Å². The Kier molecular flexibility index (Phi) is 4.09. The van der Waals surface area contributed by atoms with Gasteiger partial charge in [-0.05, 0) is 24.3 Å². The number of rotatable bonds is 3. The molecule has 0 aromatic carbocycles. The van der Waals surface area contributed by atoms with Gasteiger partial charge in [0.15, 0.2) is 0 Å². The van der Waals surface area contributed by atoms with Gasteiger partial charge in [0.2, 0.25) is 0 Å². The first-order valence-corrected chi connectivity index (χ1v) is 6.91. The third kappa shape index (κ3) is 3.57. The second kappa shape index (κ2) is 6.23. The van der Waals surface area contributed by atoms with Crippen molar-refractivity contribution in [3.05, 3.63) is 70.8 Å². The molecule has 0 bridgehead atoms. The number of aromatic nitrogens is 4. The molecule has 0 atom stereocenters. The fourth-order valence-corrected chi connectivity index (χ4v) is 2.02. The van der Waals surface area contributed by atoms with Crippen molar-refractivity contribution < 1.29 is 18.0 Å². The monoisotopic (exact) mass is 349 g/mol. The molecule has 2 N–H and O–H groups in total. The highest BCUT2D eigenvalue weighted by atomic mass is 19.4. The number of aromatic amines is 1. The molecule has 1 amide bonds. The number of halogens is 3. The van der Waals surface area contributed by atoms with E-state index in [9.17, 15) is 22.8 Å². The minimum absolute atomic E-state index is 0.285. The largest absolute Gasteiger partial charge is 0.431 e. The summed E-state index contributed by atoms with van der Waals surface area (Å²) in [6, 6.07) is 4.60. The molecule has 0 aliphatic rings. The number of hydrogen-bond acceptors (Lipinski definition) is 4. The van der Waals surface area contributed by atoms with Crippen LogP contribution in [0.1, 0.15) is 16.1 Å². The highest BCUT2D eigenvalue weighted by Gasteiger charge is 2.32. The van der Waals surface area contributed by atoms with Crippen LogP contribution in [0, 0.1) is 0 Å². The summed E-state index contributed by atoms with van der Waals surface area (Å²) in [5.41, 5.74) is -2.50.